The Bertz CT molecular complexity index is 1550. The number of carbonyl (C=O) groups excluding carboxylic acids is 2. The smallest absolute Gasteiger partial charge is 0.387 e. The number of para-hydroxylation sites is 2. The topological polar surface area (TPSA) is 119 Å². The summed E-state index contributed by atoms with van der Waals surface area (Å²) in [5.74, 6) is -0.910. The van der Waals surface area contributed by atoms with Crippen molar-refractivity contribution in [3.63, 3.8) is 0 Å². The second kappa shape index (κ2) is 8.16. The van der Waals surface area contributed by atoms with Crippen molar-refractivity contribution in [3.8, 4) is 17.0 Å². The summed E-state index contributed by atoms with van der Waals surface area (Å²) < 4.78 is 33.8. The first-order chi connectivity index (χ1) is 17.3. The fraction of sp³-hybridized carbons (Fsp3) is 0.240. The highest BCUT2D eigenvalue weighted by molar-refractivity contribution is 6.00. The zero-order chi connectivity index (χ0) is 25.1. The molecule has 1 amide bonds. The molecular weight excluding hydrogens is 472 g/mol. The lowest BCUT2D eigenvalue weighted by atomic mass is 9.90. The van der Waals surface area contributed by atoms with Gasteiger partial charge in [0.2, 0.25) is 5.78 Å². The lowest BCUT2D eigenvalue weighted by molar-refractivity contribution is -0.0495. The van der Waals surface area contributed by atoms with Gasteiger partial charge in [0.15, 0.2) is 5.82 Å². The molecule has 0 radical (unpaired) electrons. The summed E-state index contributed by atoms with van der Waals surface area (Å²) in [5, 5.41) is 12.7. The highest BCUT2D eigenvalue weighted by Gasteiger charge is 2.42. The molecule has 0 saturated carbocycles. The number of carbonyl (C=O) groups is 2. The van der Waals surface area contributed by atoms with Crippen LogP contribution in [-0.2, 0) is 0 Å². The normalized spacial score (nSPS) is 19.0. The second-order valence-electron chi connectivity index (χ2n) is 8.69. The summed E-state index contributed by atoms with van der Waals surface area (Å²) in [7, 11) is 0. The average molecular weight is 491 g/mol. The number of halogens is 2. The number of rotatable bonds is 5. The van der Waals surface area contributed by atoms with E-state index >= 15 is 0 Å². The fourth-order valence-corrected chi connectivity index (χ4v) is 5.08. The van der Waals surface area contributed by atoms with Crippen LogP contribution in [0.4, 0.5) is 8.78 Å². The second-order valence-corrected chi connectivity index (χ2v) is 8.69. The Kier molecular flexibility index (Phi) is 5.04. The van der Waals surface area contributed by atoms with Crippen molar-refractivity contribution in [2.24, 2.45) is 0 Å². The van der Waals surface area contributed by atoms with Crippen molar-refractivity contribution in [3.05, 3.63) is 71.4 Å². The molecule has 2 aromatic heterocycles. The van der Waals surface area contributed by atoms with Crippen molar-refractivity contribution in [2.45, 2.75) is 38.1 Å². The van der Waals surface area contributed by atoms with Gasteiger partial charge >= 0.3 is 6.61 Å². The van der Waals surface area contributed by atoms with Crippen LogP contribution in [0.2, 0.25) is 0 Å². The van der Waals surface area contributed by atoms with Gasteiger partial charge in [-0.05, 0) is 43.7 Å². The first-order valence-corrected chi connectivity index (χ1v) is 11.3. The molecule has 2 aromatic carbocycles. The van der Waals surface area contributed by atoms with Gasteiger partial charge in [0.25, 0.3) is 5.91 Å². The Labute approximate surface area is 202 Å². The van der Waals surface area contributed by atoms with Gasteiger partial charge in [-0.1, -0.05) is 12.1 Å². The number of fused-ring (bicyclic) bond motifs is 9. The molecule has 2 aliphatic heterocycles. The maximum absolute atomic E-state index is 13.5. The molecule has 0 saturated heterocycles. The summed E-state index contributed by atoms with van der Waals surface area (Å²) in [6.45, 7) is -1.85. The monoisotopic (exact) mass is 491 g/mol. The predicted octanol–water partition coefficient (Wildman–Crippen LogP) is 3.44. The molecule has 2 N–H and O–H groups in total. The molecule has 0 aliphatic carbocycles. The summed E-state index contributed by atoms with van der Waals surface area (Å²) in [4.78, 5) is 38.6. The minimum absolute atomic E-state index is 0.116. The number of aliphatic hydroxyl groups is 1. The zero-order valence-corrected chi connectivity index (χ0v) is 18.9. The van der Waals surface area contributed by atoms with Crippen LogP contribution in [-0.4, -0.2) is 49.0 Å². The molecule has 0 fully saturated rings. The molecule has 36 heavy (non-hydrogen) atoms. The van der Waals surface area contributed by atoms with Crippen molar-refractivity contribution < 1.29 is 28.2 Å². The van der Waals surface area contributed by atoms with Crippen molar-refractivity contribution >= 4 is 22.7 Å². The fourth-order valence-electron chi connectivity index (χ4n) is 5.08. The summed E-state index contributed by atoms with van der Waals surface area (Å²) in [5.41, 5.74) is 2.56. The number of ketones is 1. The van der Waals surface area contributed by atoms with Crippen LogP contribution in [0.1, 0.15) is 57.8 Å². The van der Waals surface area contributed by atoms with E-state index in [1.54, 1.807) is 0 Å². The van der Waals surface area contributed by atoms with Gasteiger partial charge in [-0.25, -0.2) is 15.0 Å². The lowest BCUT2D eigenvalue weighted by Gasteiger charge is -2.23. The number of aliphatic hydroxyl groups excluding tert-OH is 1. The van der Waals surface area contributed by atoms with Gasteiger partial charge in [0.05, 0.1) is 28.8 Å². The van der Waals surface area contributed by atoms with E-state index in [1.165, 1.54) is 31.3 Å². The van der Waals surface area contributed by atoms with Crippen LogP contribution in [0, 0.1) is 0 Å². The van der Waals surface area contributed by atoms with Gasteiger partial charge in [-0.2, -0.15) is 8.78 Å². The van der Waals surface area contributed by atoms with Gasteiger partial charge in [-0.3, -0.25) is 9.59 Å². The van der Waals surface area contributed by atoms with E-state index in [1.807, 2.05) is 28.8 Å². The largest absolute Gasteiger partial charge is 0.434 e. The average Bonchev–Trinajstić information content (AvgIpc) is 3.35. The minimum Gasteiger partial charge on any atom is -0.434 e. The molecule has 11 heteroatoms. The number of alkyl halides is 2. The van der Waals surface area contributed by atoms with Crippen molar-refractivity contribution in [1.29, 1.82) is 0 Å². The lowest BCUT2D eigenvalue weighted by Crippen LogP contribution is -2.28. The van der Waals surface area contributed by atoms with Gasteiger partial charge in [-0.15, -0.1) is 0 Å². The number of amides is 1. The molecule has 4 aromatic rings. The van der Waals surface area contributed by atoms with Gasteiger partial charge in [0, 0.05) is 22.9 Å². The van der Waals surface area contributed by atoms with Crippen LogP contribution < -0.4 is 10.1 Å². The molecule has 9 nitrogen and oxygen atoms in total. The molecule has 2 aliphatic rings. The Hall–Kier alpha value is -4.25. The maximum atomic E-state index is 13.5. The number of benzene rings is 2. The minimum atomic E-state index is -3.14. The molecular formula is C25H19F2N5O4. The number of aromatic nitrogens is 4. The molecule has 6 rings (SSSR count). The first kappa shape index (κ1) is 22.2. The molecule has 3 atom stereocenters. The van der Waals surface area contributed by atoms with Crippen LogP contribution >= 0.6 is 0 Å². The third-order valence-electron chi connectivity index (χ3n) is 6.52. The molecule has 182 valence electrons. The van der Waals surface area contributed by atoms with E-state index in [-0.39, 0.29) is 40.3 Å². The standard InChI is InChI=1S/C25H19F2N5O4/c1-11(33)21(34)22-28-9-8-14(29-22)20-18(36-25(26)27)7-6-12-19(20)17-10-15(31-24(12)35)23-30-13-4-2-3-5-16(13)32(17)23/h2-9,11,15,17,25,33H,10H2,1H3,(H,31,35)/t11?,15-,17-/m1/s1. The molecule has 1 unspecified atom stereocenters. The van der Waals surface area contributed by atoms with Gasteiger partial charge in [0.1, 0.15) is 17.7 Å². The Morgan fingerprint density at radius 2 is 2.00 bits per heavy atom. The summed E-state index contributed by atoms with van der Waals surface area (Å²) in [6.07, 6.45) is 0.392. The van der Waals surface area contributed by atoms with Crippen LogP contribution in [0.5, 0.6) is 5.75 Å². The quantitative estimate of drug-likeness (QED) is 0.411. The van der Waals surface area contributed by atoms with E-state index in [0.717, 1.165) is 11.0 Å². The third kappa shape index (κ3) is 3.34. The Balaban J connectivity index is 1.65. The van der Waals surface area contributed by atoms with E-state index < -0.39 is 24.5 Å². The Morgan fingerprint density at radius 1 is 1.19 bits per heavy atom. The molecule has 0 spiro atoms. The van der Waals surface area contributed by atoms with Crippen LogP contribution in [0.15, 0.2) is 48.7 Å². The number of Topliss-reactive ketones (excluding diaryl/α,β-unsaturated/α-hetero) is 1. The SMILES string of the molecule is CC(O)C(=O)c1nccc(-c2c(OC(F)F)ccc3c2[C@H]2C[C@@H](NC3=O)c3nc4ccccc4n32)n1. The van der Waals surface area contributed by atoms with Crippen molar-refractivity contribution in [2.75, 3.05) is 0 Å². The number of hydrogen-bond donors (Lipinski definition) is 2. The van der Waals surface area contributed by atoms with E-state index in [4.69, 9.17) is 9.72 Å². The molecule has 4 heterocycles. The van der Waals surface area contributed by atoms with Crippen molar-refractivity contribution in [1.82, 2.24) is 24.8 Å². The van der Waals surface area contributed by atoms with E-state index in [9.17, 15) is 23.5 Å². The predicted molar refractivity (Wildman–Crippen MR) is 123 cm³/mol. The van der Waals surface area contributed by atoms with Gasteiger partial charge < -0.3 is 19.7 Å². The summed E-state index contributed by atoms with van der Waals surface area (Å²) >= 11 is 0. The number of nitrogens with one attached hydrogen (secondary N) is 1. The number of hydrogen-bond acceptors (Lipinski definition) is 7. The number of ether oxygens (including phenoxy) is 1. The highest BCUT2D eigenvalue weighted by Crippen LogP contribution is 2.49. The Morgan fingerprint density at radius 3 is 2.78 bits per heavy atom. The summed E-state index contributed by atoms with van der Waals surface area (Å²) in [6, 6.07) is 10.9. The zero-order valence-electron chi connectivity index (χ0n) is 18.9. The van der Waals surface area contributed by atoms with E-state index in [0.29, 0.717) is 17.8 Å². The number of nitrogens with zero attached hydrogens (tertiary/aromatic N) is 4. The third-order valence-corrected chi connectivity index (χ3v) is 6.52. The molecule has 2 bridgehead atoms. The van der Waals surface area contributed by atoms with Crippen LogP contribution in [0.3, 0.4) is 0 Å². The van der Waals surface area contributed by atoms with E-state index in [2.05, 4.69) is 15.3 Å². The maximum Gasteiger partial charge on any atom is 0.387 e. The highest BCUT2D eigenvalue weighted by atomic mass is 19.3. The number of imidazole rings is 1. The first-order valence-electron chi connectivity index (χ1n) is 11.3. The van der Waals surface area contributed by atoms with Crippen LogP contribution in [0.25, 0.3) is 22.3 Å².